The number of carbonyl (C=O) groups excluding carboxylic acids is 2. The summed E-state index contributed by atoms with van der Waals surface area (Å²) in [6.45, 7) is 1.93. The molecule has 1 aliphatic rings. The average Bonchev–Trinajstić information content (AvgIpc) is 3.33. The van der Waals surface area contributed by atoms with Gasteiger partial charge < -0.3 is 9.64 Å². The molecule has 2 aromatic rings. The zero-order chi connectivity index (χ0) is 20.1. The summed E-state index contributed by atoms with van der Waals surface area (Å²) >= 11 is 0. The minimum absolute atomic E-state index is 0.0313. The van der Waals surface area contributed by atoms with E-state index < -0.39 is 22.4 Å². The Morgan fingerprint density at radius 2 is 2.04 bits per heavy atom. The number of aromatic nitrogens is 3. The third-order valence-electron chi connectivity index (χ3n) is 4.55. The first-order chi connectivity index (χ1) is 13.4. The summed E-state index contributed by atoms with van der Waals surface area (Å²) in [5.41, 5.74) is 1.05. The van der Waals surface area contributed by atoms with Crippen LogP contribution < -0.4 is 0 Å². The molecule has 0 N–H and O–H groups in total. The smallest absolute Gasteiger partial charge is 0.338 e. The van der Waals surface area contributed by atoms with E-state index in [2.05, 4.69) is 10.1 Å². The van der Waals surface area contributed by atoms with Crippen LogP contribution in [-0.4, -0.2) is 70.7 Å². The molecular formula is C18H22N4O5S. The first kappa shape index (κ1) is 20.0. The van der Waals surface area contributed by atoms with Crippen molar-refractivity contribution in [3.8, 4) is 5.69 Å². The lowest BCUT2D eigenvalue weighted by Gasteiger charge is -2.27. The molecule has 1 aromatic heterocycles. The van der Waals surface area contributed by atoms with Crippen molar-refractivity contribution in [2.45, 2.75) is 25.8 Å². The largest absolute Gasteiger partial charge is 0.452 e. The molecule has 1 saturated heterocycles. The Morgan fingerprint density at radius 3 is 2.61 bits per heavy atom. The number of carbonyl (C=O) groups is 2. The standard InChI is InChI=1S/C18H22N4O5S/c1-2-8-21(16-7-9-28(25,26)11-16)17(23)10-27-18(24)14-3-5-15(6-4-14)22-13-19-12-20-22/h3-6,12-13,16H,2,7-11H2,1H3/t16-/m0/s1. The van der Waals surface area contributed by atoms with Crippen molar-refractivity contribution in [2.24, 2.45) is 0 Å². The quantitative estimate of drug-likeness (QED) is 0.627. The number of nitrogens with zero attached hydrogens (tertiary/aromatic N) is 4. The minimum atomic E-state index is -3.10. The lowest BCUT2D eigenvalue weighted by molar-refractivity contribution is -0.136. The molecule has 0 bridgehead atoms. The van der Waals surface area contributed by atoms with Gasteiger partial charge in [-0.2, -0.15) is 5.10 Å². The molecule has 9 nitrogen and oxygen atoms in total. The molecule has 1 amide bonds. The second-order valence-electron chi connectivity index (χ2n) is 6.61. The lowest BCUT2D eigenvalue weighted by Crippen LogP contribution is -2.43. The highest BCUT2D eigenvalue weighted by molar-refractivity contribution is 7.91. The van der Waals surface area contributed by atoms with Crippen LogP contribution in [0.2, 0.25) is 0 Å². The number of amides is 1. The van der Waals surface area contributed by atoms with Crippen LogP contribution in [0.15, 0.2) is 36.9 Å². The summed E-state index contributed by atoms with van der Waals surface area (Å²) in [5.74, 6) is -0.940. The van der Waals surface area contributed by atoms with Gasteiger partial charge in [-0.15, -0.1) is 0 Å². The zero-order valence-electron chi connectivity index (χ0n) is 15.5. The van der Waals surface area contributed by atoms with E-state index in [-0.39, 0.29) is 23.5 Å². The average molecular weight is 406 g/mol. The normalized spacial score (nSPS) is 18.0. The van der Waals surface area contributed by atoms with Crippen molar-refractivity contribution in [3.05, 3.63) is 42.5 Å². The third-order valence-corrected chi connectivity index (χ3v) is 6.30. The van der Waals surface area contributed by atoms with Gasteiger partial charge in [-0.1, -0.05) is 6.92 Å². The predicted octanol–water partition coefficient (Wildman–Crippen LogP) is 0.850. The second kappa shape index (κ2) is 8.51. The second-order valence-corrected chi connectivity index (χ2v) is 8.84. The highest BCUT2D eigenvalue weighted by Crippen LogP contribution is 2.18. The monoisotopic (exact) mass is 406 g/mol. The molecule has 2 heterocycles. The van der Waals surface area contributed by atoms with E-state index >= 15 is 0 Å². The van der Waals surface area contributed by atoms with Crippen molar-refractivity contribution >= 4 is 21.7 Å². The van der Waals surface area contributed by atoms with Crippen molar-refractivity contribution in [3.63, 3.8) is 0 Å². The van der Waals surface area contributed by atoms with Gasteiger partial charge in [-0.25, -0.2) is 22.9 Å². The van der Waals surface area contributed by atoms with Crippen LogP contribution in [0.5, 0.6) is 0 Å². The van der Waals surface area contributed by atoms with E-state index in [1.165, 1.54) is 17.6 Å². The number of rotatable bonds is 7. The van der Waals surface area contributed by atoms with Crippen molar-refractivity contribution in [1.29, 1.82) is 0 Å². The highest BCUT2D eigenvalue weighted by atomic mass is 32.2. The molecule has 10 heteroatoms. The van der Waals surface area contributed by atoms with Crippen LogP contribution in [-0.2, 0) is 19.4 Å². The predicted molar refractivity (Wildman–Crippen MR) is 101 cm³/mol. The molecule has 150 valence electrons. The van der Waals surface area contributed by atoms with E-state index in [4.69, 9.17) is 4.74 Å². The number of sulfone groups is 1. The van der Waals surface area contributed by atoms with Crippen LogP contribution in [0.1, 0.15) is 30.1 Å². The van der Waals surface area contributed by atoms with Gasteiger partial charge in [0.2, 0.25) is 0 Å². The lowest BCUT2D eigenvalue weighted by atomic mass is 10.2. The summed E-state index contributed by atoms with van der Waals surface area (Å²) in [5, 5.41) is 4.00. The van der Waals surface area contributed by atoms with Crippen LogP contribution in [0, 0.1) is 0 Å². The van der Waals surface area contributed by atoms with Gasteiger partial charge >= 0.3 is 5.97 Å². The van der Waals surface area contributed by atoms with Crippen LogP contribution in [0.25, 0.3) is 5.69 Å². The zero-order valence-corrected chi connectivity index (χ0v) is 16.3. The number of hydrogen-bond acceptors (Lipinski definition) is 7. The molecule has 28 heavy (non-hydrogen) atoms. The molecule has 0 spiro atoms. The first-order valence-corrected chi connectivity index (χ1v) is 10.8. The summed E-state index contributed by atoms with van der Waals surface area (Å²) in [6.07, 6.45) is 4.06. The molecule has 1 fully saturated rings. The minimum Gasteiger partial charge on any atom is -0.452 e. The molecule has 1 atom stereocenters. The van der Waals surface area contributed by atoms with Crippen molar-refractivity contribution in [2.75, 3.05) is 24.7 Å². The number of benzene rings is 1. The Labute approximate surface area is 163 Å². The van der Waals surface area contributed by atoms with Gasteiger partial charge in [0.25, 0.3) is 5.91 Å². The topological polar surface area (TPSA) is 111 Å². The van der Waals surface area contributed by atoms with E-state index in [9.17, 15) is 18.0 Å². The summed E-state index contributed by atoms with van der Waals surface area (Å²) in [4.78, 5) is 30.1. The SMILES string of the molecule is CCCN(C(=O)COC(=O)c1ccc(-n2cncn2)cc1)[C@H]1CCS(=O)(=O)C1. The Balaban J connectivity index is 1.58. The van der Waals surface area contributed by atoms with Crippen molar-refractivity contribution < 1.29 is 22.7 Å². The third kappa shape index (κ3) is 4.75. The van der Waals surface area contributed by atoms with E-state index in [0.717, 1.165) is 5.69 Å². The molecule has 0 saturated carbocycles. The highest BCUT2D eigenvalue weighted by Gasteiger charge is 2.34. The molecule has 3 rings (SSSR count). The summed E-state index contributed by atoms with van der Waals surface area (Å²) in [7, 11) is -3.10. The van der Waals surface area contributed by atoms with Gasteiger partial charge in [0, 0.05) is 12.6 Å². The van der Waals surface area contributed by atoms with Gasteiger partial charge in [0.15, 0.2) is 16.4 Å². The summed E-state index contributed by atoms with van der Waals surface area (Å²) in [6, 6.07) is 6.20. The van der Waals surface area contributed by atoms with E-state index in [1.807, 2.05) is 6.92 Å². The Kier molecular flexibility index (Phi) is 6.08. The van der Waals surface area contributed by atoms with E-state index in [0.29, 0.717) is 24.9 Å². The maximum Gasteiger partial charge on any atom is 0.338 e. The molecule has 0 radical (unpaired) electrons. The fraction of sp³-hybridized carbons (Fsp3) is 0.444. The van der Waals surface area contributed by atoms with Crippen molar-refractivity contribution in [1.82, 2.24) is 19.7 Å². The fourth-order valence-electron chi connectivity index (χ4n) is 3.16. The van der Waals surface area contributed by atoms with Crippen LogP contribution >= 0.6 is 0 Å². The van der Waals surface area contributed by atoms with Gasteiger partial charge in [-0.05, 0) is 37.1 Å². The van der Waals surface area contributed by atoms with Gasteiger partial charge in [-0.3, -0.25) is 4.79 Å². The van der Waals surface area contributed by atoms with Gasteiger partial charge in [0.05, 0.1) is 22.8 Å². The molecule has 0 aliphatic carbocycles. The first-order valence-electron chi connectivity index (χ1n) is 9.01. The Bertz CT molecular complexity index is 925. The molecule has 0 unspecified atom stereocenters. The fourth-order valence-corrected chi connectivity index (χ4v) is 4.89. The van der Waals surface area contributed by atoms with Gasteiger partial charge in [0.1, 0.15) is 12.7 Å². The number of ether oxygens (including phenoxy) is 1. The van der Waals surface area contributed by atoms with Crippen LogP contribution in [0.4, 0.5) is 0 Å². The maximum absolute atomic E-state index is 12.5. The maximum atomic E-state index is 12.5. The summed E-state index contributed by atoms with van der Waals surface area (Å²) < 4.78 is 30.1. The van der Waals surface area contributed by atoms with E-state index in [1.54, 1.807) is 28.9 Å². The molecular weight excluding hydrogens is 384 g/mol. The van der Waals surface area contributed by atoms with Crippen LogP contribution in [0.3, 0.4) is 0 Å². The Hall–Kier alpha value is -2.75. The number of esters is 1. The number of hydrogen-bond donors (Lipinski definition) is 0. The molecule has 1 aromatic carbocycles. The molecule has 1 aliphatic heterocycles. The Morgan fingerprint density at radius 1 is 1.29 bits per heavy atom.